The molecular weight excluding hydrogens is 634 g/mol. The van der Waals surface area contributed by atoms with Crippen molar-refractivity contribution in [3.63, 3.8) is 0 Å². The van der Waals surface area contributed by atoms with E-state index in [1.165, 1.54) is 12.1 Å². The number of benzene rings is 2. The molecule has 0 radical (unpaired) electrons. The fraction of sp³-hybridized carbons (Fsp3) is 0.559. The number of aliphatic hydroxyl groups excluding tert-OH is 1. The third kappa shape index (κ3) is 6.15. The maximum absolute atomic E-state index is 14.8. The van der Waals surface area contributed by atoms with E-state index < -0.39 is 42.3 Å². The minimum absolute atomic E-state index is 0.0666. The van der Waals surface area contributed by atoms with Gasteiger partial charge in [0.05, 0.1) is 48.2 Å². The number of carbonyl (C=O) groups excluding carboxylic acids is 3. The Kier molecular flexibility index (Phi) is 9.48. The Hall–Kier alpha value is -3.69. The van der Waals surface area contributed by atoms with Crippen molar-refractivity contribution in [2.24, 2.45) is 11.8 Å². The molecule has 4 heterocycles. The number of carbonyl (C=O) groups is 3. The average molecular weight is 680 g/mol. The third-order valence-electron chi connectivity index (χ3n) is 10.7. The number of fused-ring (bicyclic) bond motifs is 2. The number of ether oxygens (including phenoxy) is 1. The van der Waals surface area contributed by atoms with E-state index in [1.54, 1.807) is 41.1 Å². The molecule has 1 spiro atoms. The maximum Gasteiger partial charge on any atom is 0.269 e. The number of likely N-dealkylation sites (tertiary alicyclic amines) is 1. The first-order valence-electron chi connectivity index (χ1n) is 16.9. The molecule has 3 saturated heterocycles. The lowest BCUT2D eigenvalue weighted by Crippen LogP contribution is -2.46. The highest BCUT2D eigenvalue weighted by molar-refractivity contribution is 6.71. The molecule has 6 rings (SSSR count). The zero-order valence-electron chi connectivity index (χ0n) is 27.7. The maximum atomic E-state index is 14.8. The van der Waals surface area contributed by atoms with Crippen LogP contribution in [0.1, 0.15) is 50.2 Å². The molecule has 6 atom stereocenters. The van der Waals surface area contributed by atoms with Crippen LogP contribution < -0.4 is 15.5 Å². The van der Waals surface area contributed by atoms with Crippen LogP contribution >= 0.6 is 0 Å². The lowest BCUT2D eigenvalue weighted by molar-refractivity contribution is -0.385. The quantitative estimate of drug-likeness (QED) is 0.176. The van der Waals surface area contributed by atoms with Gasteiger partial charge in [-0.3, -0.25) is 24.5 Å². The summed E-state index contributed by atoms with van der Waals surface area (Å²) in [6.07, 6.45) is 2.32. The molecule has 3 amide bonds. The molecule has 258 valence electrons. The summed E-state index contributed by atoms with van der Waals surface area (Å²) in [4.78, 5) is 67.5. The van der Waals surface area contributed by atoms with Crippen LogP contribution in [-0.2, 0) is 31.3 Å². The van der Waals surface area contributed by atoms with Crippen molar-refractivity contribution in [2.75, 3.05) is 36.5 Å². The van der Waals surface area contributed by atoms with Gasteiger partial charge in [-0.1, -0.05) is 19.1 Å². The Balaban J connectivity index is 1.33. The van der Waals surface area contributed by atoms with Crippen LogP contribution in [-0.4, -0.2) is 84.2 Å². The van der Waals surface area contributed by atoms with Gasteiger partial charge in [0.25, 0.3) is 11.6 Å². The minimum Gasteiger partial charge on any atom is -0.432 e. The summed E-state index contributed by atoms with van der Waals surface area (Å²) in [7, 11) is -3.09. The number of hydrogen-bond donors (Lipinski definition) is 4. The van der Waals surface area contributed by atoms with E-state index in [0.29, 0.717) is 36.4 Å². The summed E-state index contributed by atoms with van der Waals surface area (Å²) in [6, 6.07) is 11.3. The number of nitro benzene ring substituents is 1. The number of amides is 3. The molecule has 2 aromatic rings. The first-order chi connectivity index (χ1) is 22.8. The van der Waals surface area contributed by atoms with Crippen molar-refractivity contribution in [3.05, 3.63) is 63.7 Å². The Morgan fingerprint density at radius 1 is 1.19 bits per heavy atom. The Morgan fingerprint density at radius 2 is 1.98 bits per heavy atom. The standard InChI is InChI=1S/C34H45N5O8Si/c1-21-31(48(2,3)46)29(17-30(41)37-14-6-10-26(37)20-40)47-34(21)27-16-25(39(44)45)11-12-28(27)38(33(34)43)19-22-7-4-9-24(15-22)36-32(42)23-8-5-13-35-18-23/h4,7,9,11-12,15-16,21,23,26,29,31,35,40,46H,5-6,8,10,13-14,17-20H2,1-3H3,(H,36,42)/t21-,23?,26-,29+,31-,34+/m0/s1. The number of aliphatic hydroxyl groups is 1. The summed E-state index contributed by atoms with van der Waals surface area (Å²) < 4.78 is 6.73. The predicted molar refractivity (Wildman–Crippen MR) is 181 cm³/mol. The fourth-order valence-electron chi connectivity index (χ4n) is 8.43. The van der Waals surface area contributed by atoms with Crippen molar-refractivity contribution in [1.82, 2.24) is 10.2 Å². The molecule has 1 unspecified atom stereocenters. The summed E-state index contributed by atoms with van der Waals surface area (Å²) in [5.41, 5.74) is -0.252. The van der Waals surface area contributed by atoms with E-state index in [9.17, 15) is 34.4 Å². The Bertz CT molecular complexity index is 1590. The van der Waals surface area contributed by atoms with Gasteiger partial charge in [0.2, 0.25) is 11.8 Å². The predicted octanol–water partition coefficient (Wildman–Crippen LogP) is 3.25. The molecule has 48 heavy (non-hydrogen) atoms. The molecule has 0 aliphatic carbocycles. The van der Waals surface area contributed by atoms with Gasteiger partial charge in [0.1, 0.15) is 0 Å². The second kappa shape index (κ2) is 13.3. The van der Waals surface area contributed by atoms with Gasteiger partial charge in [0.15, 0.2) is 13.9 Å². The highest BCUT2D eigenvalue weighted by atomic mass is 28.4. The van der Waals surface area contributed by atoms with Crippen molar-refractivity contribution in [1.29, 1.82) is 0 Å². The van der Waals surface area contributed by atoms with Gasteiger partial charge in [-0.2, -0.15) is 0 Å². The smallest absolute Gasteiger partial charge is 0.269 e. The van der Waals surface area contributed by atoms with E-state index in [4.69, 9.17) is 4.74 Å². The van der Waals surface area contributed by atoms with Crippen LogP contribution in [0.25, 0.3) is 0 Å². The second-order valence-electron chi connectivity index (χ2n) is 14.2. The Labute approximate surface area is 280 Å². The lowest BCUT2D eigenvalue weighted by atomic mass is 9.82. The summed E-state index contributed by atoms with van der Waals surface area (Å²) in [6.45, 7) is 7.34. The minimum atomic E-state index is -3.09. The zero-order valence-corrected chi connectivity index (χ0v) is 28.7. The van der Waals surface area contributed by atoms with Gasteiger partial charge in [-0.05, 0) is 69.1 Å². The van der Waals surface area contributed by atoms with Crippen LogP contribution in [0, 0.1) is 22.0 Å². The van der Waals surface area contributed by atoms with Crippen molar-refractivity contribution in [3.8, 4) is 0 Å². The first-order valence-corrected chi connectivity index (χ1v) is 19.9. The van der Waals surface area contributed by atoms with E-state index in [-0.39, 0.29) is 49.0 Å². The molecule has 2 aromatic carbocycles. The average Bonchev–Trinajstić information content (AvgIpc) is 3.72. The zero-order chi connectivity index (χ0) is 34.4. The van der Waals surface area contributed by atoms with Gasteiger partial charge < -0.3 is 35.1 Å². The number of piperidine rings is 1. The number of hydrogen-bond acceptors (Lipinski definition) is 9. The number of non-ortho nitro benzene ring substituents is 1. The van der Waals surface area contributed by atoms with Crippen molar-refractivity contribution in [2.45, 2.75) is 82.0 Å². The highest BCUT2D eigenvalue weighted by Crippen LogP contribution is 2.60. The molecule has 14 heteroatoms. The van der Waals surface area contributed by atoms with Crippen molar-refractivity contribution < 1.29 is 33.9 Å². The molecule has 3 fully saturated rings. The summed E-state index contributed by atoms with van der Waals surface area (Å²) >= 11 is 0. The van der Waals surface area contributed by atoms with Crippen LogP contribution in [0.3, 0.4) is 0 Å². The molecule has 4 aliphatic rings. The normalized spacial score (nSPS) is 28.6. The third-order valence-corrected chi connectivity index (χ3v) is 13.2. The highest BCUT2D eigenvalue weighted by Gasteiger charge is 2.66. The van der Waals surface area contributed by atoms with Crippen molar-refractivity contribution >= 4 is 43.1 Å². The molecular formula is C34H45N5O8Si. The number of anilines is 2. The molecule has 4 aliphatic heterocycles. The molecule has 0 bridgehead atoms. The van der Waals surface area contributed by atoms with Gasteiger partial charge in [-0.15, -0.1) is 0 Å². The first kappa shape index (κ1) is 34.2. The topological polar surface area (TPSA) is 175 Å². The van der Waals surface area contributed by atoms with Crippen LogP contribution in [0.5, 0.6) is 0 Å². The number of nitrogens with zero attached hydrogens (tertiary/aromatic N) is 3. The molecule has 4 N–H and O–H groups in total. The fourth-order valence-corrected chi connectivity index (χ4v) is 11.0. The van der Waals surface area contributed by atoms with Crippen LogP contribution in [0.2, 0.25) is 18.6 Å². The largest absolute Gasteiger partial charge is 0.432 e. The number of nitrogens with one attached hydrogen (secondary N) is 2. The summed E-state index contributed by atoms with van der Waals surface area (Å²) in [5.74, 6) is -1.43. The van der Waals surface area contributed by atoms with Crippen LogP contribution in [0.4, 0.5) is 17.1 Å². The second-order valence-corrected chi connectivity index (χ2v) is 18.2. The van der Waals surface area contributed by atoms with E-state index >= 15 is 0 Å². The van der Waals surface area contributed by atoms with Crippen LogP contribution in [0.15, 0.2) is 42.5 Å². The monoisotopic (exact) mass is 679 g/mol. The lowest BCUT2D eigenvalue weighted by Gasteiger charge is -2.32. The number of rotatable bonds is 9. The summed E-state index contributed by atoms with van der Waals surface area (Å²) in [5, 5.41) is 28.0. The molecule has 0 saturated carbocycles. The van der Waals surface area contributed by atoms with Gasteiger partial charge in [-0.25, -0.2) is 0 Å². The van der Waals surface area contributed by atoms with Gasteiger partial charge in [0, 0.05) is 47.9 Å². The van der Waals surface area contributed by atoms with E-state index in [0.717, 1.165) is 31.4 Å². The number of nitro groups is 1. The molecule has 13 nitrogen and oxygen atoms in total. The van der Waals surface area contributed by atoms with E-state index in [1.807, 2.05) is 19.1 Å². The van der Waals surface area contributed by atoms with Gasteiger partial charge >= 0.3 is 0 Å². The van der Waals surface area contributed by atoms with E-state index in [2.05, 4.69) is 10.6 Å². The Morgan fingerprint density at radius 3 is 2.67 bits per heavy atom. The molecule has 0 aromatic heterocycles. The SMILES string of the molecule is C[C@H]1[C@H]([Si](C)(C)O)[C@@H](CC(=O)N2CCC[C@H]2CO)O[C@]12C(=O)N(Cc1cccc(NC(=O)C3CCCNC3)c1)c1ccc([N+](=O)[O-])cc12.